The van der Waals surface area contributed by atoms with Crippen molar-refractivity contribution in [2.75, 3.05) is 0 Å². The average Bonchev–Trinajstić information content (AvgIpc) is 2.38. The molecule has 1 aromatic carbocycles. The zero-order valence-electron chi connectivity index (χ0n) is 11.6. The van der Waals surface area contributed by atoms with E-state index in [1.807, 2.05) is 39.8 Å². The van der Waals surface area contributed by atoms with Gasteiger partial charge in [0.25, 0.3) is 5.56 Å². The van der Waals surface area contributed by atoms with E-state index in [2.05, 4.69) is 25.9 Å². The van der Waals surface area contributed by atoms with Crippen molar-refractivity contribution < 1.29 is 0 Å². The van der Waals surface area contributed by atoms with Gasteiger partial charge >= 0.3 is 0 Å². The van der Waals surface area contributed by atoms with Crippen molar-refractivity contribution in [3.05, 3.63) is 49.3 Å². The molecule has 4 heteroatoms. The van der Waals surface area contributed by atoms with Crippen LogP contribution in [-0.4, -0.2) is 9.97 Å². The Bertz CT molecular complexity index is 666. The number of aromatic amines is 1. The van der Waals surface area contributed by atoms with E-state index in [1.165, 1.54) is 0 Å². The molecule has 1 heterocycles. The van der Waals surface area contributed by atoms with E-state index in [1.54, 1.807) is 0 Å². The fourth-order valence-corrected chi connectivity index (χ4v) is 2.37. The van der Waals surface area contributed by atoms with Gasteiger partial charge in [-0.05, 0) is 50.5 Å². The smallest absolute Gasteiger partial charge is 0.254 e. The molecule has 2 aromatic rings. The average molecular weight is 321 g/mol. The van der Waals surface area contributed by atoms with E-state index in [4.69, 9.17) is 0 Å². The molecule has 1 aromatic heterocycles. The molecule has 100 valence electrons. The molecular formula is C15H17BrN2O. The number of hydrogen-bond acceptors (Lipinski definition) is 2. The molecule has 0 radical (unpaired) electrons. The minimum Gasteiger partial charge on any atom is -0.306 e. The Hall–Kier alpha value is -1.42. The quantitative estimate of drug-likeness (QED) is 0.917. The first kappa shape index (κ1) is 14.0. The maximum atomic E-state index is 11.9. The highest BCUT2D eigenvalue weighted by molar-refractivity contribution is 9.10. The van der Waals surface area contributed by atoms with Gasteiger partial charge in [-0.15, -0.1) is 0 Å². The summed E-state index contributed by atoms with van der Waals surface area (Å²) in [5, 5.41) is 0. The van der Waals surface area contributed by atoms with Gasteiger partial charge in [-0.25, -0.2) is 4.98 Å². The lowest BCUT2D eigenvalue weighted by molar-refractivity contribution is 0.954. The lowest BCUT2D eigenvalue weighted by atomic mass is 10.1. The standard InChI is InChI=1S/C15H17BrN2O/c1-5-12-10(4)15(19)18-14(17-12)11-6-8(2)13(16)9(3)7-11/h6-7H,5H2,1-4H3,(H,17,18,19). The summed E-state index contributed by atoms with van der Waals surface area (Å²) in [6.45, 7) is 7.89. The van der Waals surface area contributed by atoms with Gasteiger partial charge in [0, 0.05) is 15.6 Å². The third-order valence-electron chi connectivity index (χ3n) is 3.30. The predicted octanol–water partition coefficient (Wildman–Crippen LogP) is 3.69. The number of aryl methyl sites for hydroxylation is 3. The Morgan fingerprint density at radius 3 is 2.32 bits per heavy atom. The van der Waals surface area contributed by atoms with Crippen LogP contribution in [0.5, 0.6) is 0 Å². The van der Waals surface area contributed by atoms with Crippen LogP contribution in [0, 0.1) is 20.8 Å². The molecule has 0 atom stereocenters. The van der Waals surface area contributed by atoms with Crippen molar-refractivity contribution in [3.8, 4) is 11.4 Å². The second-order valence-corrected chi connectivity index (χ2v) is 5.56. The van der Waals surface area contributed by atoms with Gasteiger partial charge in [-0.3, -0.25) is 4.79 Å². The third-order valence-corrected chi connectivity index (χ3v) is 4.55. The molecule has 0 unspecified atom stereocenters. The van der Waals surface area contributed by atoms with Crippen LogP contribution < -0.4 is 5.56 Å². The largest absolute Gasteiger partial charge is 0.306 e. The normalized spacial score (nSPS) is 10.8. The van der Waals surface area contributed by atoms with Crippen LogP contribution in [0.15, 0.2) is 21.4 Å². The molecule has 2 rings (SSSR count). The van der Waals surface area contributed by atoms with Crippen LogP contribution in [-0.2, 0) is 6.42 Å². The van der Waals surface area contributed by atoms with Crippen molar-refractivity contribution in [1.82, 2.24) is 9.97 Å². The SMILES string of the molecule is CCc1nc(-c2cc(C)c(Br)c(C)c2)[nH]c(=O)c1C. The lowest BCUT2D eigenvalue weighted by Gasteiger charge is -2.09. The third kappa shape index (κ3) is 2.63. The number of aromatic nitrogens is 2. The topological polar surface area (TPSA) is 45.8 Å². The van der Waals surface area contributed by atoms with Crippen LogP contribution in [0.3, 0.4) is 0 Å². The molecule has 19 heavy (non-hydrogen) atoms. The zero-order valence-corrected chi connectivity index (χ0v) is 13.2. The summed E-state index contributed by atoms with van der Waals surface area (Å²) in [6.07, 6.45) is 0.761. The van der Waals surface area contributed by atoms with Gasteiger partial charge in [0.1, 0.15) is 5.82 Å². The van der Waals surface area contributed by atoms with Crippen LogP contribution in [0.2, 0.25) is 0 Å². The number of H-pyrrole nitrogens is 1. The van der Waals surface area contributed by atoms with Gasteiger partial charge in [0.05, 0.1) is 5.69 Å². The monoisotopic (exact) mass is 320 g/mol. The second kappa shape index (κ2) is 5.29. The molecule has 0 aliphatic carbocycles. The minimum absolute atomic E-state index is 0.0555. The van der Waals surface area contributed by atoms with E-state index < -0.39 is 0 Å². The molecule has 0 bridgehead atoms. The highest BCUT2D eigenvalue weighted by Gasteiger charge is 2.10. The Kier molecular flexibility index (Phi) is 3.90. The minimum atomic E-state index is -0.0555. The molecule has 0 aliphatic rings. The molecular weight excluding hydrogens is 304 g/mol. The summed E-state index contributed by atoms with van der Waals surface area (Å²) in [4.78, 5) is 19.3. The van der Waals surface area contributed by atoms with Crippen molar-refractivity contribution in [3.63, 3.8) is 0 Å². The highest BCUT2D eigenvalue weighted by Crippen LogP contribution is 2.26. The van der Waals surface area contributed by atoms with Crippen molar-refractivity contribution in [2.24, 2.45) is 0 Å². The van der Waals surface area contributed by atoms with Crippen LogP contribution in [0.4, 0.5) is 0 Å². The number of nitrogens with zero attached hydrogens (tertiary/aromatic N) is 1. The van der Waals surface area contributed by atoms with E-state index >= 15 is 0 Å². The van der Waals surface area contributed by atoms with E-state index in [9.17, 15) is 4.79 Å². The molecule has 0 aliphatic heterocycles. The van der Waals surface area contributed by atoms with Gasteiger partial charge < -0.3 is 4.98 Å². The first-order valence-corrected chi connectivity index (χ1v) is 7.10. The van der Waals surface area contributed by atoms with Gasteiger partial charge in [-0.2, -0.15) is 0 Å². The summed E-state index contributed by atoms with van der Waals surface area (Å²) in [5.41, 5.74) is 4.73. The van der Waals surface area contributed by atoms with Crippen LogP contribution >= 0.6 is 15.9 Å². The van der Waals surface area contributed by atoms with E-state index in [-0.39, 0.29) is 5.56 Å². The number of rotatable bonds is 2. The molecule has 0 amide bonds. The molecule has 0 fully saturated rings. The first-order valence-electron chi connectivity index (χ1n) is 6.31. The van der Waals surface area contributed by atoms with Gasteiger partial charge in [0.15, 0.2) is 0 Å². The summed E-state index contributed by atoms with van der Waals surface area (Å²) >= 11 is 3.55. The molecule has 1 N–H and O–H groups in total. The van der Waals surface area contributed by atoms with Crippen molar-refractivity contribution >= 4 is 15.9 Å². The summed E-state index contributed by atoms with van der Waals surface area (Å²) in [7, 11) is 0. The van der Waals surface area contributed by atoms with E-state index in [0.29, 0.717) is 11.4 Å². The van der Waals surface area contributed by atoms with Crippen molar-refractivity contribution in [1.29, 1.82) is 0 Å². The summed E-state index contributed by atoms with van der Waals surface area (Å²) in [5.74, 6) is 0.645. The lowest BCUT2D eigenvalue weighted by Crippen LogP contribution is -2.15. The fourth-order valence-electron chi connectivity index (χ4n) is 2.14. The van der Waals surface area contributed by atoms with Crippen LogP contribution in [0.1, 0.15) is 29.3 Å². The van der Waals surface area contributed by atoms with E-state index in [0.717, 1.165) is 33.3 Å². The predicted molar refractivity (Wildman–Crippen MR) is 81.6 cm³/mol. The molecule has 0 spiro atoms. The van der Waals surface area contributed by atoms with Crippen LogP contribution in [0.25, 0.3) is 11.4 Å². The van der Waals surface area contributed by atoms with Gasteiger partial charge in [-0.1, -0.05) is 22.9 Å². The number of hydrogen-bond donors (Lipinski definition) is 1. The number of nitrogens with one attached hydrogen (secondary N) is 1. The molecule has 3 nitrogen and oxygen atoms in total. The summed E-state index contributed by atoms with van der Waals surface area (Å²) in [6, 6.07) is 4.06. The van der Waals surface area contributed by atoms with Crippen molar-refractivity contribution in [2.45, 2.75) is 34.1 Å². The number of benzene rings is 1. The fraction of sp³-hybridized carbons (Fsp3) is 0.333. The maximum Gasteiger partial charge on any atom is 0.254 e. The summed E-state index contributed by atoms with van der Waals surface area (Å²) < 4.78 is 1.10. The Labute approximate surface area is 121 Å². The Morgan fingerprint density at radius 1 is 1.21 bits per heavy atom. The maximum absolute atomic E-state index is 11.9. The molecule has 0 saturated carbocycles. The Morgan fingerprint density at radius 2 is 1.79 bits per heavy atom. The first-order chi connectivity index (χ1) is 8.93. The zero-order chi connectivity index (χ0) is 14.2. The van der Waals surface area contributed by atoms with Gasteiger partial charge in [0.2, 0.25) is 0 Å². The Balaban J connectivity index is 2.66. The highest BCUT2D eigenvalue weighted by atomic mass is 79.9. The second-order valence-electron chi connectivity index (χ2n) is 4.76. The molecule has 0 saturated heterocycles. The number of halogens is 1.